The van der Waals surface area contributed by atoms with Crippen LogP contribution >= 0.6 is 25.3 Å². The number of benzene rings is 2. The Balaban J connectivity index is 1.44. The van der Waals surface area contributed by atoms with Crippen LogP contribution in [0.3, 0.4) is 0 Å². The molecule has 4 rings (SSSR count). The van der Waals surface area contributed by atoms with E-state index < -0.39 is 84.8 Å². The molecule has 0 unspecified atom stereocenters. The van der Waals surface area contributed by atoms with Gasteiger partial charge in [0, 0.05) is 58.5 Å². The fourth-order valence-corrected chi connectivity index (χ4v) is 6.09. The number of carbonyl (C=O) groups excluding carboxylic acids is 7. The van der Waals surface area contributed by atoms with Crippen molar-refractivity contribution in [2.24, 2.45) is 5.73 Å². The van der Waals surface area contributed by atoms with Crippen molar-refractivity contribution in [3.63, 3.8) is 0 Å². The lowest BCUT2D eigenvalue weighted by Gasteiger charge is -2.27. The Labute approximate surface area is 326 Å². The van der Waals surface area contributed by atoms with Gasteiger partial charge in [-0.15, -0.1) is 0 Å². The maximum atomic E-state index is 13.9. The molecule has 2 aromatic carbocycles. The molecule has 17 nitrogen and oxygen atoms in total. The summed E-state index contributed by atoms with van der Waals surface area (Å²) in [6.07, 6.45) is 2.63. The third-order valence-corrected chi connectivity index (χ3v) is 9.40. The number of amides is 6. The number of nitrogens with one attached hydrogen (secondary N) is 8. The van der Waals surface area contributed by atoms with Crippen molar-refractivity contribution < 1.29 is 38.7 Å². The number of H-pyrrole nitrogens is 2. The summed E-state index contributed by atoms with van der Waals surface area (Å²) >= 11 is 8.10. The summed E-state index contributed by atoms with van der Waals surface area (Å²) < 4.78 is 0. The first-order valence-corrected chi connectivity index (χ1v) is 18.6. The Bertz CT molecular complexity index is 2000. The molecule has 294 valence electrons. The van der Waals surface area contributed by atoms with Gasteiger partial charge in [-0.25, -0.2) is 0 Å². The lowest BCUT2D eigenvalue weighted by atomic mass is 10.0. The van der Waals surface area contributed by atoms with Crippen molar-refractivity contribution in [1.82, 2.24) is 41.9 Å². The maximum Gasteiger partial charge on any atom is 0.245 e. The molecule has 0 bridgehead atoms. The lowest BCUT2D eigenvalue weighted by molar-refractivity contribution is -0.135. The van der Waals surface area contributed by atoms with Crippen LogP contribution in [0, 0.1) is 0 Å². The fraction of sp³-hybridized carbons (Fsp3) is 0.361. The zero-order chi connectivity index (χ0) is 40.1. The number of aliphatic hydroxyl groups excluding tert-OH is 1. The number of aromatic amines is 2. The molecule has 0 fully saturated rings. The summed E-state index contributed by atoms with van der Waals surface area (Å²) in [5.74, 6) is -4.65. The van der Waals surface area contributed by atoms with Crippen molar-refractivity contribution in [2.75, 3.05) is 24.6 Å². The van der Waals surface area contributed by atoms with E-state index in [4.69, 9.17) is 5.73 Å². The summed E-state index contributed by atoms with van der Waals surface area (Å²) in [6.45, 7) is 0.307. The Morgan fingerprint density at radius 1 is 0.709 bits per heavy atom. The molecule has 0 saturated heterocycles. The molecule has 2 heterocycles. The van der Waals surface area contributed by atoms with Crippen LogP contribution in [0.15, 0.2) is 60.9 Å². The van der Waals surface area contributed by atoms with E-state index in [-0.39, 0.29) is 24.3 Å². The molecule has 19 heteroatoms. The number of aliphatic hydroxyl groups is 1. The first-order valence-electron chi connectivity index (χ1n) is 17.3. The van der Waals surface area contributed by atoms with Gasteiger partial charge >= 0.3 is 0 Å². The van der Waals surface area contributed by atoms with E-state index in [1.54, 1.807) is 18.5 Å². The highest BCUT2D eigenvalue weighted by Gasteiger charge is 2.33. The van der Waals surface area contributed by atoms with Crippen LogP contribution in [0.1, 0.15) is 18.1 Å². The van der Waals surface area contributed by atoms with Crippen molar-refractivity contribution in [3.8, 4) is 0 Å². The fourth-order valence-electron chi connectivity index (χ4n) is 5.67. The molecule has 4 aromatic rings. The highest BCUT2D eigenvalue weighted by atomic mass is 32.1. The molecule has 0 aliphatic carbocycles. The molecule has 0 saturated carbocycles. The summed E-state index contributed by atoms with van der Waals surface area (Å²) in [6, 6.07) is 8.69. The van der Waals surface area contributed by atoms with E-state index in [2.05, 4.69) is 67.1 Å². The van der Waals surface area contributed by atoms with Gasteiger partial charge in [-0.1, -0.05) is 36.4 Å². The van der Waals surface area contributed by atoms with Gasteiger partial charge in [-0.3, -0.25) is 28.8 Å². The van der Waals surface area contributed by atoms with Gasteiger partial charge < -0.3 is 57.5 Å². The van der Waals surface area contributed by atoms with Crippen LogP contribution in [-0.4, -0.2) is 118 Å². The monoisotopic (exact) mass is 795 g/mol. The van der Waals surface area contributed by atoms with Gasteiger partial charge in [0.2, 0.25) is 35.4 Å². The number of hydrogen-bond donors (Lipinski definition) is 12. The van der Waals surface area contributed by atoms with Crippen LogP contribution in [0.25, 0.3) is 21.8 Å². The van der Waals surface area contributed by atoms with E-state index in [1.807, 2.05) is 42.5 Å². The lowest BCUT2D eigenvalue weighted by Crippen LogP contribution is -2.60. The topological polar surface area (TPSA) is 270 Å². The molecule has 55 heavy (non-hydrogen) atoms. The van der Waals surface area contributed by atoms with Gasteiger partial charge in [0.25, 0.3) is 0 Å². The average molecular weight is 796 g/mol. The van der Waals surface area contributed by atoms with Gasteiger partial charge in [-0.2, -0.15) is 25.3 Å². The number of carbonyl (C=O) groups is 7. The molecule has 0 aliphatic rings. The zero-order valence-electron chi connectivity index (χ0n) is 29.8. The number of para-hydroxylation sites is 2. The average Bonchev–Trinajstić information content (AvgIpc) is 3.79. The van der Waals surface area contributed by atoms with E-state index in [0.717, 1.165) is 27.4 Å². The molecule has 6 amide bonds. The van der Waals surface area contributed by atoms with Crippen molar-refractivity contribution in [3.05, 3.63) is 72.1 Å². The molecule has 0 spiro atoms. The number of aromatic nitrogens is 2. The van der Waals surface area contributed by atoms with E-state index >= 15 is 0 Å². The minimum Gasteiger partial charge on any atom is -0.391 e. The second kappa shape index (κ2) is 20.3. The van der Waals surface area contributed by atoms with Crippen molar-refractivity contribution >= 4 is 88.8 Å². The van der Waals surface area contributed by atoms with E-state index in [0.29, 0.717) is 11.8 Å². The summed E-state index contributed by atoms with van der Waals surface area (Å²) in [5, 5.41) is 27.0. The molecule has 6 atom stereocenters. The first-order chi connectivity index (χ1) is 26.3. The molecule has 0 aliphatic heterocycles. The first kappa shape index (κ1) is 42.4. The minimum atomic E-state index is -1.53. The van der Waals surface area contributed by atoms with Crippen molar-refractivity contribution in [2.45, 2.75) is 56.1 Å². The zero-order valence-corrected chi connectivity index (χ0v) is 31.6. The summed E-state index contributed by atoms with van der Waals surface area (Å²) in [4.78, 5) is 95.7. The van der Waals surface area contributed by atoms with Gasteiger partial charge in [0.1, 0.15) is 24.4 Å². The van der Waals surface area contributed by atoms with Crippen LogP contribution in [0.4, 0.5) is 0 Å². The number of aldehydes is 1. The molecule has 2 aromatic heterocycles. The Morgan fingerprint density at radius 3 is 1.84 bits per heavy atom. The third-order valence-electron chi connectivity index (χ3n) is 8.64. The summed E-state index contributed by atoms with van der Waals surface area (Å²) in [5.41, 5.74) is 8.59. The standard InChI is InChI=1S/C36H45N9O8S2/c1-19(47)32(36(53)42-22(16-46)10-20-12-38-26-8-4-2-6-23(20)26)45-34(51)28(11-21-13-39-27-9-5-3-7-24(21)27)44-35(52)29(18-55)43-31(49)15-40-30(48)14-41-33(50)25(37)17-54/h2-9,12-13,16,19,22,25,28-29,32,38-39,47,54-55H,10-11,14-15,17-18,37H2,1H3,(H,40,48)(H,41,50)(H,42,53)(H,43,49)(H,44,52)(H,45,51)/t19-,22+,25+,28+,29+,32+/m1/s1. The Kier molecular flexibility index (Phi) is 15.7. The van der Waals surface area contributed by atoms with Crippen LogP contribution in [0.5, 0.6) is 0 Å². The third kappa shape index (κ3) is 11.8. The Hall–Kier alpha value is -5.37. The normalized spacial score (nSPS) is 14.4. The van der Waals surface area contributed by atoms with Gasteiger partial charge in [0.05, 0.1) is 31.3 Å². The summed E-state index contributed by atoms with van der Waals surface area (Å²) in [7, 11) is 0. The van der Waals surface area contributed by atoms with E-state index in [9.17, 15) is 38.7 Å². The van der Waals surface area contributed by atoms with E-state index in [1.165, 1.54) is 6.92 Å². The van der Waals surface area contributed by atoms with Crippen LogP contribution in [-0.2, 0) is 46.4 Å². The van der Waals surface area contributed by atoms with Gasteiger partial charge in [-0.05, 0) is 30.2 Å². The van der Waals surface area contributed by atoms with Crippen LogP contribution in [0.2, 0.25) is 0 Å². The quantitative estimate of drug-likeness (QED) is 0.0362. The number of hydrogen-bond acceptors (Lipinski definition) is 11. The molecule has 11 N–H and O–H groups in total. The molecular weight excluding hydrogens is 751 g/mol. The van der Waals surface area contributed by atoms with Gasteiger partial charge in [0.15, 0.2) is 0 Å². The number of nitrogens with two attached hydrogens (primary N) is 1. The highest BCUT2D eigenvalue weighted by Crippen LogP contribution is 2.20. The molecule has 0 radical (unpaired) electrons. The number of fused-ring (bicyclic) bond motifs is 2. The largest absolute Gasteiger partial charge is 0.391 e. The maximum absolute atomic E-state index is 13.9. The second-order valence-electron chi connectivity index (χ2n) is 12.8. The SMILES string of the molecule is C[C@@H](O)[C@H](NC(=O)[C@H](Cc1c[nH]c2ccccc12)NC(=O)[C@H](CS)NC(=O)CNC(=O)CNC(=O)[C@@H](N)CS)C(=O)N[C@H](C=O)Cc1c[nH]c2ccccc12. The van der Waals surface area contributed by atoms with Crippen LogP contribution < -0.4 is 37.6 Å². The van der Waals surface area contributed by atoms with Crippen molar-refractivity contribution in [1.29, 1.82) is 0 Å². The number of rotatable bonds is 20. The highest BCUT2D eigenvalue weighted by molar-refractivity contribution is 7.80. The predicted molar refractivity (Wildman–Crippen MR) is 211 cm³/mol. The predicted octanol–water partition coefficient (Wildman–Crippen LogP) is -1.63. The smallest absolute Gasteiger partial charge is 0.245 e. The minimum absolute atomic E-state index is 0.0682. The number of thiol groups is 2. The second-order valence-corrected chi connectivity index (χ2v) is 13.5. The Morgan fingerprint density at radius 2 is 1.27 bits per heavy atom. The molecular formula is C36H45N9O8S2.